The fourth-order valence-electron chi connectivity index (χ4n) is 3.36. The third kappa shape index (κ3) is 2.96. The standard InChI is InChI=1S/C15H19Cl2N2Si4/c1-20(16)18-21(2)19(22(17)14-10-6-4-7-11-14)23(18,3)15-12-8-5-9-13-15/h4-13H,1-3H3. The highest BCUT2D eigenvalue weighted by molar-refractivity contribution is 7.29. The first kappa shape index (κ1) is 17.6. The molecule has 3 radical (unpaired) electrons. The maximum atomic E-state index is 7.04. The van der Waals surface area contributed by atoms with Crippen LogP contribution >= 0.6 is 22.2 Å². The molecule has 119 valence electrons. The first-order valence-electron chi connectivity index (χ1n) is 7.54. The van der Waals surface area contributed by atoms with Gasteiger partial charge in [-0.25, -0.2) is 0 Å². The Morgan fingerprint density at radius 3 is 1.96 bits per heavy atom. The highest BCUT2D eigenvalue weighted by Gasteiger charge is 2.62. The van der Waals surface area contributed by atoms with E-state index >= 15 is 0 Å². The van der Waals surface area contributed by atoms with E-state index in [4.69, 9.17) is 22.2 Å². The van der Waals surface area contributed by atoms with Gasteiger partial charge in [-0.05, 0) is 30.0 Å². The number of hydrogen-bond donors (Lipinski definition) is 0. The molecule has 1 fully saturated rings. The van der Waals surface area contributed by atoms with Gasteiger partial charge in [-0.15, -0.1) is 22.2 Å². The van der Waals surface area contributed by atoms with E-state index in [1.807, 2.05) is 0 Å². The Labute approximate surface area is 154 Å². The van der Waals surface area contributed by atoms with E-state index in [0.717, 1.165) is 0 Å². The molecule has 0 bridgehead atoms. The SMILES string of the molecule is C[Si](Cl)N1[Si](C)N([Si](Cl)c2ccccc2)[Si]1(C)c1ccccc1. The van der Waals surface area contributed by atoms with Crippen LogP contribution in [0.5, 0.6) is 0 Å². The molecular formula is C15H19Cl2N2Si4. The summed E-state index contributed by atoms with van der Waals surface area (Å²) in [5, 5.41) is 2.69. The van der Waals surface area contributed by atoms with Crippen LogP contribution in [0.25, 0.3) is 0 Å². The smallest absolute Gasteiger partial charge is 0.275 e. The second-order valence-corrected chi connectivity index (χ2v) is 19.7. The van der Waals surface area contributed by atoms with Crippen molar-refractivity contribution in [3.63, 3.8) is 0 Å². The Morgan fingerprint density at radius 2 is 1.43 bits per heavy atom. The van der Waals surface area contributed by atoms with Gasteiger partial charge in [0.1, 0.15) is 0 Å². The molecule has 1 unspecified atom stereocenters. The Bertz CT molecular complexity index is 661. The molecule has 2 aromatic carbocycles. The van der Waals surface area contributed by atoms with Crippen LogP contribution in [-0.2, 0) is 0 Å². The fraction of sp³-hybridized carbons (Fsp3) is 0.200. The van der Waals surface area contributed by atoms with E-state index in [1.165, 1.54) is 10.4 Å². The van der Waals surface area contributed by atoms with Crippen LogP contribution in [0.4, 0.5) is 0 Å². The maximum absolute atomic E-state index is 7.04. The van der Waals surface area contributed by atoms with Crippen molar-refractivity contribution < 1.29 is 0 Å². The van der Waals surface area contributed by atoms with Gasteiger partial charge in [0.15, 0.2) is 0 Å². The lowest BCUT2D eigenvalue weighted by Crippen LogP contribution is -2.93. The molecule has 1 atom stereocenters. The molecule has 0 aliphatic carbocycles. The zero-order chi connectivity index (χ0) is 16.6. The molecule has 0 N–H and O–H groups in total. The van der Waals surface area contributed by atoms with Gasteiger partial charge in [-0.2, -0.15) is 0 Å². The van der Waals surface area contributed by atoms with Gasteiger partial charge >= 0.3 is 0 Å². The minimum atomic E-state index is -1.97. The average molecular weight is 411 g/mol. The van der Waals surface area contributed by atoms with E-state index in [1.54, 1.807) is 0 Å². The van der Waals surface area contributed by atoms with Crippen LogP contribution in [0.15, 0.2) is 60.7 Å². The Morgan fingerprint density at radius 1 is 0.913 bits per heavy atom. The van der Waals surface area contributed by atoms with Gasteiger partial charge in [-0.3, -0.25) is 0 Å². The van der Waals surface area contributed by atoms with Crippen molar-refractivity contribution in [3.05, 3.63) is 60.7 Å². The van der Waals surface area contributed by atoms with Gasteiger partial charge in [0.25, 0.3) is 8.27 Å². The predicted molar refractivity (Wildman–Crippen MR) is 108 cm³/mol. The molecule has 8 heteroatoms. The van der Waals surface area contributed by atoms with Crippen LogP contribution in [0.3, 0.4) is 0 Å². The highest BCUT2D eigenvalue weighted by Crippen LogP contribution is 2.34. The van der Waals surface area contributed by atoms with Crippen molar-refractivity contribution in [2.24, 2.45) is 0 Å². The van der Waals surface area contributed by atoms with Crippen molar-refractivity contribution in [1.29, 1.82) is 0 Å². The lowest BCUT2D eigenvalue weighted by molar-refractivity contribution is 0.699. The molecule has 0 spiro atoms. The van der Waals surface area contributed by atoms with Crippen LogP contribution in [0.1, 0.15) is 0 Å². The summed E-state index contributed by atoms with van der Waals surface area (Å²) in [6, 6.07) is 21.4. The molecule has 0 amide bonds. The van der Waals surface area contributed by atoms with Crippen LogP contribution in [-0.4, -0.2) is 41.8 Å². The zero-order valence-corrected chi connectivity index (χ0v) is 18.9. The number of nitrogens with zero attached hydrogens (tertiary/aromatic N) is 2. The summed E-state index contributed by atoms with van der Waals surface area (Å²) in [4.78, 5) is 0. The fourth-order valence-corrected chi connectivity index (χ4v) is 29.1. The highest BCUT2D eigenvalue weighted by atomic mass is 35.6. The molecule has 1 saturated heterocycles. The van der Waals surface area contributed by atoms with E-state index < -0.39 is 34.1 Å². The second kappa shape index (κ2) is 6.97. The van der Waals surface area contributed by atoms with Gasteiger partial charge in [0, 0.05) is 0 Å². The Kier molecular flexibility index (Phi) is 5.34. The number of benzene rings is 2. The van der Waals surface area contributed by atoms with E-state index in [2.05, 4.69) is 88.1 Å². The van der Waals surface area contributed by atoms with Crippen LogP contribution < -0.4 is 10.4 Å². The van der Waals surface area contributed by atoms with E-state index in [9.17, 15) is 0 Å². The third-order valence-electron chi connectivity index (χ3n) is 4.36. The third-order valence-corrected chi connectivity index (χ3v) is 26.5. The number of rotatable bonds is 4. The molecule has 0 aromatic heterocycles. The van der Waals surface area contributed by atoms with Crippen LogP contribution in [0, 0.1) is 0 Å². The van der Waals surface area contributed by atoms with Crippen molar-refractivity contribution in [2.75, 3.05) is 0 Å². The van der Waals surface area contributed by atoms with Crippen molar-refractivity contribution in [1.82, 2.24) is 7.79 Å². The molecule has 2 aromatic rings. The molecule has 2 nitrogen and oxygen atoms in total. The quantitative estimate of drug-likeness (QED) is 0.565. The minimum Gasteiger partial charge on any atom is -0.330 e. The lowest BCUT2D eigenvalue weighted by Gasteiger charge is -2.64. The molecule has 1 aliphatic rings. The minimum absolute atomic E-state index is 0.814. The van der Waals surface area contributed by atoms with Crippen molar-refractivity contribution in [2.45, 2.75) is 19.6 Å². The molecule has 1 aliphatic heterocycles. The summed E-state index contributed by atoms with van der Waals surface area (Å²) in [7, 11) is -5.02. The second-order valence-electron chi connectivity index (χ2n) is 5.76. The molecule has 3 rings (SSSR count). The van der Waals surface area contributed by atoms with Crippen LogP contribution in [0.2, 0.25) is 19.6 Å². The molecule has 23 heavy (non-hydrogen) atoms. The first-order chi connectivity index (χ1) is 11.0. The number of hydrogen-bond acceptors (Lipinski definition) is 2. The Hall–Kier alpha value is -0.192. The predicted octanol–water partition coefficient (Wildman–Crippen LogP) is 2.69. The maximum Gasteiger partial charge on any atom is 0.275 e. The summed E-state index contributed by atoms with van der Waals surface area (Å²) < 4.78 is 5.35. The summed E-state index contributed by atoms with van der Waals surface area (Å²) in [6.45, 7) is 6.94. The summed E-state index contributed by atoms with van der Waals surface area (Å²) in [5.74, 6) is 0. The monoisotopic (exact) mass is 409 g/mol. The van der Waals surface area contributed by atoms with E-state index in [-0.39, 0.29) is 0 Å². The number of halogens is 2. The van der Waals surface area contributed by atoms with Gasteiger partial charge < -0.3 is 7.79 Å². The van der Waals surface area contributed by atoms with Crippen molar-refractivity contribution >= 4 is 66.6 Å². The molecule has 1 heterocycles. The summed E-state index contributed by atoms with van der Waals surface area (Å²) in [5.41, 5.74) is 0. The average Bonchev–Trinajstić information content (AvgIpc) is 2.55. The summed E-state index contributed by atoms with van der Waals surface area (Å²) >= 11 is 13.7. The van der Waals surface area contributed by atoms with Gasteiger partial charge in [0.05, 0.1) is 0 Å². The summed E-state index contributed by atoms with van der Waals surface area (Å²) in [6.07, 6.45) is 0. The zero-order valence-electron chi connectivity index (χ0n) is 13.4. The van der Waals surface area contributed by atoms with Gasteiger partial charge in [0.2, 0.25) is 25.8 Å². The van der Waals surface area contributed by atoms with E-state index in [0.29, 0.717) is 0 Å². The van der Waals surface area contributed by atoms with Gasteiger partial charge in [-0.1, -0.05) is 60.7 Å². The van der Waals surface area contributed by atoms with Crippen molar-refractivity contribution in [3.8, 4) is 0 Å². The normalized spacial score (nSPS) is 23.4. The molecule has 0 saturated carbocycles. The topological polar surface area (TPSA) is 6.48 Å². The lowest BCUT2D eigenvalue weighted by atomic mass is 10.4. The molecular weight excluding hydrogens is 391 g/mol. The largest absolute Gasteiger partial charge is 0.330 e. The Balaban J connectivity index is 2.02. The first-order valence-corrected chi connectivity index (χ1v) is 17.2.